The average molecular weight is 351 g/mol. The van der Waals surface area contributed by atoms with Crippen molar-refractivity contribution in [2.24, 2.45) is 11.1 Å². The number of carbonyl (C=O) groups is 1. The normalized spacial score (nSPS) is 17.2. The number of benzene rings is 2. The maximum Gasteiger partial charge on any atom is 0.248 e. The Kier molecular flexibility index (Phi) is 5.47. The quantitative estimate of drug-likeness (QED) is 0.812. The van der Waals surface area contributed by atoms with Gasteiger partial charge in [-0.25, -0.2) is 0 Å². The molecule has 0 atom stereocenters. The van der Waals surface area contributed by atoms with Crippen molar-refractivity contribution in [2.75, 3.05) is 0 Å². The third-order valence-electron chi connectivity index (χ3n) is 5.72. The van der Waals surface area contributed by atoms with Gasteiger partial charge in [0, 0.05) is 18.2 Å². The number of amides is 1. The molecular weight excluding hydrogens is 320 g/mol. The molecule has 2 aromatic rings. The van der Waals surface area contributed by atoms with Crippen molar-refractivity contribution < 1.29 is 4.79 Å². The van der Waals surface area contributed by atoms with Crippen LogP contribution in [0.2, 0.25) is 0 Å². The zero-order valence-electron chi connectivity index (χ0n) is 16.1. The summed E-state index contributed by atoms with van der Waals surface area (Å²) < 4.78 is 0. The molecule has 0 spiro atoms. The molecule has 0 heterocycles. The van der Waals surface area contributed by atoms with E-state index in [-0.39, 0.29) is 5.91 Å². The molecule has 2 aromatic carbocycles. The van der Waals surface area contributed by atoms with Crippen LogP contribution < -0.4 is 11.1 Å². The predicted molar refractivity (Wildman–Crippen MR) is 108 cm³/mol. The van der Waals surface area contributed by atoms with Crippen molar-refractivity contribution in [3.8, 4) is 11.1 Å². The SMILES string of the molecule is Cc1ccc(-c2ccc(CNC3CCC(C)(C)CC3)cc2)cc1C(N)=O. The minimum atomic E-state index is -0.374. The van der Waals surface area contributed by atoms with Crippen LogP contribution in [-0.4, -0.2) is 11.9 Å². The first-order valence-corrected chi connectivity index (χ1v) is 9.57. The van der Waals surface area contributed by atoms with Crippen molar-refractivity contribution in [1.82, 2.24) is 5.32 Å². The van der Waals surface area contributed by atoms with Gasteiger partial charge in [0.25, 0.3) is 0 Å². The van der Waals surface area contributed by atoms with Gasteiger partial charge < -0.3 is 11.1 Å². The van der Waals surface area contributed by atoms with Gasteiger partial charge in [-0.3, -0.25) is 4.79 Å². The van der Waals surface area contributed by atoms with Gasteiger partial charge in [-0.05, 0) is 66.3 Å². The van der Waals surface area contributed by atoms with Gasteiger partial charge in [-0.15, -0.1) is 0 Å². The molecule has 3 rings (SSSR count). The third-order valence-corrected chi connectivity index (χ3v) is 5.72. The number of hydrogen-bond acceptors (Lipinski definition) is 2. The van der Waals surface area contributed by atoms with Crippen LogP contribution in [0.5, 0.6) is 0 Å². The van der Waals surface area contributed by atoms with Gasteiger partial charge in [0.05, 0.1) is 0 Å². The van der Waals surface area contributed by atoms with Crippen molar-refractivity contribution >= 4 is 5.91 Å². The van der Waals surface area contributed by atoms with Crippen molar-refractivity contribution in [2.45, 2.75) is 59.0 Å². The highest BCUT2D eigenvalue weighted by molar-refractivity contribution is 5.95. The van der Waals surface area contributed by atoms with Gasteiger partial charge in [-0.2, -0.15) is 0 Å². The molecule has 3 heteroatoms. The minimum absolute atomic E-state index is 0.374. The first kappa shape index (κ1) is 18.7. The fraction of sp³-hybridized carbons (Fsp3) is 0.435. The smallest absolute Gasteiger partial charge is 0.248 e. The summed E-state index contributed by atoms with van der Waals surface area (Å²) in [7, 11) is 0. The monoisotopic (exact) mass is 350 g/mol. The highest BCUT2D eigenvalue weighted by Crippen LogP contribution is 2.35. The van der Waals surface area contributed by atoms with E-state index < -0.39 is 0 Å². The zero-order chi connectivity index (χ0) is 18.7. The van der Waals surface area contributed by atoms with Crippen LogP contribution in [-0.2, 0) is 6.54 Å². The van der Waals surface area contributed by atoms with Crippen LogP contribution in [0.3, 0.4) is 0 Å². The lowest BCUT2D eigenvalue weighted by Gasteiger charge is -2.34. The van der Waals surface area contributed by atoms with Crippen LogP contribution in [0, 0.1) is 12.3 Å². The molecular formula is C23H30N2O. The lowest BCUT2D eigenvalue weighted by Crippen LogP contribution is -2.35. The Balaban J connectivity index is 1.62. The Hall–Kier alpha value is -2.13. The number of nitrogens with one attached hydrogen (secondary N) is 1. The van der Waals surface area contributed by atoms with Crippen LogP contribution in [0.15, 0.2) is 42.5 Å². The molecule has 1 saturated carbocycles. The molecule has 3 N–H and O–H groups in total. The third kappa shape index (κ3) is 4.53. The summed E-state index contributed by atoms with van der Waals surface area (Å²) in [4.78, 5) is 11.5. The summed E-state index contributed by atoms with van der Waals surface area (Å²) in [6, 6.07) is 15.1. The molecule has 0 bridgehead atoms. The number of aryl methyl sites for hydroxylation is 1. The standard InChI is InChI=1S/C23H30N2O/c1-16-4-7-19(14-21(16)22(24)26)18-8-5-17(6-9-18)15-25-20-10-12-23(2,3)13-11-20/h4-9,14,20,25H,10-13,15H2,1-3H3,(H2,24,26). The first-order chi connectivity index (χ1) is 12.3. The molecule has 3 nitrogen and oxygen atoms in total. The highest BCUT2D eigenvalue weighted by Gasteiger charge is 2.26. The molecule has 26 heavy (non-hydrogen) atoms. The maximum atomic E-state index is 11.5. The molecule has 0 aromatic heterocycles. The number of hydrogen-bond donors (Lipinski definition) is 2. The fourth-order valence-corrected chi connectivity index (χ4v) is 3.75. The molecule has 0 aliphatic heterocycles. The van der Waals surface area contributed by atoms with E-state index >= 15 is 0 Å². The van der Waals surface area contributed by atoms with E-state index in [4.69, 9.17) is 5.73 Å². The van der Waals surface area contributed by atoms with E-state index in [1.807, 2.05) is 25.1 Å². The Morgan fingerprint density at radius 2 is 1.69 bits per heavy atom. The van der Waals surface area contributed by atoms with Crippen molar-refractivity contribution in [3.63, 3.8) is 0 Å². The lowest BCUT2D eigenvalue weighted by molar-refractivity contribution is 0.0999. The second kappa shape index (κ2) is 7.63. The lowest BCUT2D eigenvalue weighted by atomic mass is 9.75. The molecule has 0 unspecified atom stereocenters. The number of carbonyl (C=O) groups excluding carboxylic acids is 1. The van der Waals surface area contributed by atoms with Crippen LogP contribution in [0.25, 0.3) is 11.1 Å². The Morgan fingerprint density at radius 3 is 2.31 bits per heavy atom. The Labute approximate surface area is 157 Å². The summed E-state index contributed by atoms with van der Waals surface area (Å²) in [5.41, 5.74) is 10.9. The van der Waals surface area contributed by atoms with E-state index in [2.05, 4.69) is 43.4 Å². The van der Waals surface area contributed by atoms with Crippen LogP contribution in [0.1, 0.15) is 61.0 Å². The molecule has 1 aliphatic carbocycles. The molecule has 1 aliphatic rings. The minimum Gasteiger partial charge on any atom is -0.366 e. The molecule has 0 radical (unpaired) electrons. The number of rotatable bonds is 5. The van der Waals surface area contributed by atoms with Gasteiger partial charge in [0.1, 0.15) is 0 Å². The van der Waals surface area contributed by atoms with E-state index in [1.165, 1.54) is 31.2 Å². The molecule has 1 amide bonds. The summed E-state index contributed by atoms with van der Waals surface area (Å²) in [5.74, 6) is -0.374. The van der Waals surface area contributed by atoms with Crippen molar-refractivity contribution in [3.05, 3.63) is 59.2 Å². The van der Waals surface area contributed by atoms with E-state index in [9.17, 15) is 4.79 Å². The van der Waals surface area contributed by atoms with Crippen LogP contribution in [0.4, 0.5) is 0 Å². The molecule has 138 valence electrons. The largest absolute Gasteiger partial charge is 0.366 e. The molecule has 0 saturated heterocycles. The average Bonchev–Trinajstić information content (AvgIpc) is 2.61. The summed E-state index contributed by atoms with van der Waals surface area (Å²) in [5, 5.41) is 3.71. The van der Waals surface area contributed by atoms with Gasteiger partial charge in [0.15, 0.2) is 0 Å². The van der Waals surface area contributed by atoms with Crippen LogP contribution >= 0.6 is 0 Å². The summed E-state index contributed by atoms with van der Waals surface area (Å²) >= 11 is 0. The Bertz CT molecular complexity index is 767. The number of nitrogens with two attached hydrogens (primary N) is 1. The van der Waals surface area contributed by atoms with E-state index in [0.717, 1.165) is 23.2 Å². The van der Waals surface area contributed by atoms with Gasteiger partial charge in [-0.1, -0.05) is 50.2 Å². The van der Waals surface area contributed by atoms with E-state index in [0.29, 0.717) is 17.0 Å². The second-order valence-corrected chi connectivity index (χ2v) is 8.41. The number of primary amides is 1. The van der Waals surface area contributed by atoms with Gasteiger partial charge >= 0.3 is 0 Å². The maximum absolute atomic E-state index is 11.5. The summed E-state index contributed by atoms with van der Waals surface area (Å²) in [6.07, 6.45) is 5.15. The van der Waals surface area contributed by atoms with E-state index in [1.54, 1.807) is 0 Å². The topological polar surface area (TPSA) is 55.1 Å². The predicted octanol–water partition coefficient (Wildman–Crippen LogP) is 4.82. The second-order valence-electron chi connectivity index (χ2n) is 8.41. The van der Waals surface area contributed by atoms with Crippen molar-refractivity contribution in [1.29, 1.82) is 0 Å². The fourth-order valence-electron chi connectivity index (χ4n) is 3.75. The zero-order valence-corrected chi connectivity index (χ0v) is 16.1. The summed E-state index contributed by atoms with van der Waals surface area (Å²) in [6.45, 7) is 7.56. The highest BCUT2D eigenvalue weighted by atomic mass is 16.1. The molecule has 1 fully saturated rings. The van der Waals surface area contributed by atoms with Gasteiger partial charge in [0.2, 0.25) is 5.91 Å². The Morgan fingerprint density at radius 1 is 1.08 bits per heavy atom. The first-order valence-electron chi connectivity index (χ1n) is 9.57.